The molecule has 588 valence electrons. The Hall–Kier alpha value is -3.85. The number of carbonyl (C=O) groups excluding carboxylic acids is 2. The molecular weight excluding hydrogens is 1280 g/mol. The summed E-state index contributed by atoms with van der Waals surface area (Å²) in [5.74, 6) is -0.832. The standard InChI is InChI=1S/C92H162NO8P/c1-3-5-7-9-11-13-15-17-19-21-23-25-27-29-31-33-35-37-39-41-43-45-47-49-51-53-55-57-59-61-63-65-67-69-71-73-75-77-79-81-83-85-92(95)101-90(89-100-102(96,97)99-87-86-93)88-98-91(94)84-82-80-78-76-74-72-70-68-66-64-62-60-58-56-54-52-50-48-46-44-42-40-38-36-34-32-30-28-26-24-22-20-18-16-14-12-10-8-6-4-2/h5,7,11,13,17,19,23,25,29,31,35,37,41,43,47,49,53,55,59,61,65,67,90H,3-4,6,8-10,12,14-16,18,20-22,24,26-28,30,32-34,36,38-40,42,44-46,48,50-52,54,56-58,60,62-64,66,68-89,93H2,1-2H3,(H,96,97)/b7-5-,13-11-,19-17-,25-23-,31-29-,37-35-,43-41-,49-47-,55-53-,61-59-,67-65-. The third-order valence-electron chi connectivity index (χ3n) is 18.8. The van der Waals surface area contributed by atoms with Crippen LogP contribution in [0.4, 0.5) is 0 Å². The minimum absolute atomic E-state index is 0.0471. The molecule has 0 aromatic rings. The molecule has 0 spiro atoms. The first-order chi connectivity index (χ1) is 50.3. The van der Waals surface area contributed by atoms with Crippen LogP contribution in [0.1, 0.15) is 406 Å². The summed E-state index contributed by atoms with van der Waals surface area (Å²) in [7, 11) is -4.41. The van der Waals surface area contributed by atoms with Crippen LogP contribution in [0.15, 0.2) is 134 Å². The lowest BCUT2D eigenvalue weighted by Gasteiger charge is -2.19. The summed E-state index contributed by atoms with van der Waals surface area (Å²) in [6.45, 7) is 3.66. The van der Waals surface area contributed by atoms with Gasteiger partial charge in [-0.15, -0.1) is 0 Å². The van der Waals surface area contributed by atoms with Crippen molar-refractivity contribution in [3.63, 3.8) is 0 Å². The van der Waals surface area contributed by atoms with Gasteiger partial charge in [-0.2, -0.15) is 0 Å². The molecule has 0 rings (SSSR count). The van der Waals surface area contributed by atoms with Crippen molar-refractivity contribution in [2.75, 3.05) is 26.4 Å². The largest absolute Gasteiger partial charge is 0.472 e. The van der Waals surface area contributed by atoms with Crippen LogP contribution in [-0.2, 0) is 32.7 Å². The lowest BCUT2D eigenvalue weighted by atomic mass is 10.0. The van der Waals surface area contributed by atoms with E-state index in [9.17, 15) is 19.0 Å². The maximum atomic E-state index is 12.8. The highest BCUT2D eigenvalue weighted by molar-refractivity contribution is 7.47. The molecule has 0 aliphatic carbocycles. The SMILES string of the molecule is CC/C=C\C/C=C\C/C=C\C/C=C\C/C=C\C/C=C\C/C=C\C/C=C\C/C=C\C/C=C\C/C=C\CCCCCCCCCC(=O)OC(COC(=O)CCCCCCCCCCCCCCCCCCCCCCCCCCCCCCCCCCCCCCCCCC)COP(=O)(O)OCCN. The smallest absolute Gasteiger partial charge is 0.462 e. The van der Waals surface area contributed by atoms with Crippen molar-refractivity contribution in [3.8, 4) is 0 Å². The van der Waals surface area contributed by atoms with Crippen molar-refractivity contribution in [1.29, 1.82) is 0 Å². The van der Waals surface area contributed by atoms with Crippen molar-refractivity contribution in [1.82, 2.24) is 0 Å². The Morgan fingerprint density at radius 3 is 0.804 bits per heavy atom. The van der Waals surface area contributed by atoms with Gasteiger partial charge in [-0.25, -0.2) is 4.57 Å². The van der Waals surface area contributed by atoms with Gasteiger partial charge in [-0.05, 0) is 96.3 Å². The van der Waals surface area contributed by atoms with Crippen molar-refractivity contribution in [3.05, 3.63) is 134 Å². The maximum absolute atomic E-state index is 12.8. The zero-order valence-corrected chi connectivity index (χ0v) is 67.5. The van der Waals surface area contributed by atoms with E-state index >= 15 is 0 Å². The van der Waals surface area contributed by atoms with E-state index in [1.807, 2.05) is 0 Å². The first-order valence-corrected chi connectivity index (χ1v) is 44.7. The van der Waals surface area contributed by atoms with Gasteiger partial charge in [0.25, 0.3) is 0 Å². The van der Waals surface area contributed by atoms with Gasteiger partial charge in [0, 0.05) is 19.4 Å². The quantitative estimate of drug-likeness (QED) is 0.0264. The second-order valence-electron chi connectivity index (χ2n) is 28.7. The summed E-state index contributed by atoms with van der Waals surface area (Å²) in [5.41, 5.74) is 5.42. The maximum Gasteiger partial charge on any atom is 0.472 e. The predicted molar refractivity (Wildman–Crippen MR) is 445 cm³/mol. The molecular formula is C92H162NO8P. The lowest BCUT2D eigenvalue weighted by molar-refractivity contribution is -0.161. The molecule has 0 radical (unpaired) electrons. The second-order valence-corrected chi connectivity index (χ2v) is 30.1. The zero-order chi connectivity index (χ0) is 73.6. The number of rotatable bonds is 81. The van der Waals surface area contributed by atoms with Crippen LogP contribution in [0.3, 0.4) is 0 Å². The highest BCUT2D eigenvalue weighted by Crippen LogP contribution is 2.43. The van der Waals surface area contributed by atoms with E-state index in [1.54, 1.807) is 0 Å². The molecule has 2 unspecified atom stereocenters. The van der Waals surface area contributed by atoms with Gasteiger partial charge in [-0.3, -0.25) is 18.6 Å². The Morgan fingerprint density at radius 1 is 0.304 bits per heavy atom. The minimum atomic E-state index is -4.41. The molecule has 0 aromatic carbocycles. The molecule has 10 heteroatoms. The average Bonchev–Trinajstić information content (AvgIpc) is 0.948. The Morgan fingerprint density at radius 2 is 0.539 bits per heavy atom. The van der Waals surface area contributed by atoms with E-state index in [0.717, 1.165) is 116 Å². The average molecular weight is 1440 g/mol. The summed E-state index contributed by atoms with van der Waals surface area (Å²) in [4.78, 5) is 35.5. The Balaban J connectivity index is 3.83. The third kappa shape index (κ3) is 85.1. The van der Waals surface area contributed by atoms with Gasteiger partial charge in [0.1, 0.15) is 6.61 Å². The Bertz CT molecular complexity index is 2150. The van der Waals surface area contributed by atoms with Crippen LogP contribution in [0, 0.1) is 0 Å². The third-order valence-corrected chi connectivity index (χ3v) is 19.8. The molecule has 0 aromatic heterocycles. The summed E-state index contributed by atoms with van der Waals surface area (Å²) in [6.07, 6.45) is 123. The predicted octanol–water partition coefficient (Wildman–Crippen LogP) is 29.5. The molecule has 0 heterocycles. The number of nitrogens with two attached hydrogens (primary N) is 1. The number of hydrogen-bond donors (Lipinski definition) is 2. The molecule has 9 nitrogen and oxygen atoms in total. The molecule has 0 saturated heterocycles. The molecule has 3 N–H and O–H groups in total. The zero-order valence-electron chi connectivity index (χ0n) is 66.6. The number of carbonyl (C=O) groups is 2. The number of esters is 2. The number of allylic oxidation sites excluding steroid dienone is 22. The van der Waals surface area contributed by atoms with Gasteiger partial charge >= 0.3 is 19.8 Å². The Kier molecular flexibility index (Phi) is 82.8. The highest BCUT2D eigenvalue weighted by atomic mass is 31.2. The van der Waals surface area contributed by atoms with E-state index in [2.05, 4.69) is 148 Å². The highest BCUT2D eigenvalue weighted by Gasteiger charge is 2.26. The van der Waals surface area contributed by atoms with Crippen LogP contribution in [-0.4, -0.2) is 49.3 Å². The number of hydrogen-bond acceptors (Lipinski definition) is 8. The molecule has 0 fully saturated rings. The van der Waals surface area contributed by atoms with E-state index in [1.165, 1.54) is 257 Å². The monoisotopic (exact) mass is 1440 g/mol. The molecule has 0 amide bonds. The van der Waals surface area contributed by atoms with Crippen LogP contribution >= 0.6 is 7.82 Å². The normalized spacial score (nSPS) is 13.5. The molecule has 102 heavy (non-hydrogen) atoms. The van der Waals surface area contributed by atoms with Crippen LogP contribution in [0.25, 0.3) is 0 Å². The number of phosphoric acid groups is 1. The minimum Gasteiger partial charge on any atom is -0.462 e. The van der Waals surface area contributed by atoms with E-state index < -0.39 is 26.5 Å². The summed E-state index contributed by atoms with van der Waals surface area (Å²) in [6, 6.07) is 0. The second kappa shape index (κ2) is 86.1. The van der Waals surface area contributed by atoms with Gasteiger partial charge in [0.15, 0.2) is 6.10 Å². The topological polar surface area (TPSA) is 134 Å². The summed E-state index contributed by atoms with van der Waals surface area (Å²) in [5, 5.41) is 0. The summed E-state index contributed by atoms with van der Waals surface area (Å²) < 4.78 is 33.3. The van der Waals surface area contributed by atoms with Gasteiger partial charge in [-0.1, -0.05) is 430 Å². The number of phosphoric ester groups is 1. The van der Waals surface area contributed by atoms with Crippen molar-refractivity contribution >= 4 is 19.8 Å². The summed E-state index contributed by atoms with van der Waals surface area (Å²) >= 11 is 0. The fourth-order valence-corrected chi connectivity index (χ4v) is 13.2. The van der Waals surface area contributed by atoms with Crippen LogP contribution in [0.5, 0.6) is 0 Å². The Labute approximate surface area is 631 Å². The van der Waals surface area contributed by atoms with Gasteiger partial charge in [0.05, 0.1) is 13.2 Å². The van der Waals surface area contributed by atoms with Crippen molar-refractivity contribution in [2.24, 2.45) is 5.73 Å². The van der Waals surface area contributed by atoms with Crippen molar-refractivity contribution in [2.45, 2.75) is 412 Å². The molecule has 0 saturated carbocycles. The first kappa shape index (κ1) is 98.2. The number of unbranched alkanes of at least 4 members (excludes halogenated alkanes) is 46. The first-order valence-electron chi connectivity index (χ1n) is 43.2. The molecule has 0 aliphatic heterocycles. The lowest BCUT2D eigenvalue weighted by Crippen LogP contribution is -2.29. The fourth-order valence-electron chi connectivity index (χ4n) is 12.5. The van der Waals surface area contributed by atoms with Gasteiger partial charge in [0.2, 0.25) is 0 Å². The van der Waals surface area contributed by atoms with Crippen LogP contribution in [0.2, 0.25) is 0 Å². The van der Waals surface area contributed by atoms with Crippen LogP contribution < -0.4 is 5.73 Å². The number of ether oxygens (including phenoxy) is 2. The van der Waals surface area contributed by atoms with Crippen molar-refractivity contribution < 1.29 is 37.6 Å². The van der Waals surface area contributed by atoms with Gasteiger partial charge < -0.3 is 20.1 Å². The molecule has 0 aliphatic rings. The van der Waals surface area contributed by atoms with E-state index in [-0.39, 0.29) is 38.6 Å². The molecule has 0 bridgehead atoms. The fraction of sp³-hybridized carbons (Fsp3) is 0.739. The van der Waals surface area contributed by atoms with E-state index in [4.69, 9.17) is 24.3 Å². The molecule has 2 atom stereocenters. The van der Waals surface area contributed by atoms with E-state index in [0.29, 0.717) is 6.42 Å².